The Labute approximate surface area is 179 Å². The quantitative estimate of drug-likeness (QED) is 0.451. The molecule has 0 amide bonds. The molecule has 1 aliphatic rings. The summed E-state index contributed by atoms with van der Waals surface area (Å²) in [6.45, 7) is 3.84. The van der Waals surface area contributed by atoms with Gasteiger partial charge in [0.2, 0.25) is 0 Å². The number of esters is 3. The van der Waals surface area contributed by atoms with Crippen LogP contribution in [0, 0.1) is 0 Å². The lowest BCUT2D eigenvalue weighted by Gasteiger charge is -2.40. The standard InChI is InChI=1S/C21H25N3O7/c1-13(25)28-12-19(30-14(2)26)20-21(31-15(3)27)18(9-17-10-22-23-24(17)20)29-11-16-7-5-4-6-8-16/h4-8,10,18-21H,9,11-12H2,1-3H3/t18-,19+,20-,21-/m1/s1. The van der Waals surface area contributed by atoms with Gasteiger partial charge in [-0.25, -0.2) is 4.68 Å². The molecule has 2 heterocycles. The van der Waals surface area contributed by atoms with E-state index in [1.807, 2.05) is 30.3 Å². The molecule has 166 valence electrons. The second-order valence-corrected chi connectivity index (χ2v) is 7.22. The average Bonchev–Trinajstić information content (AvgIpc) is 3.17. The molecule has 1 aliphatic heterocycles. The van der Waals surface area contributed by atoms with Crippen LogP contribution in [0.25, 0.3) is 0 Å². The summed E-state index contributed by atoms with van der Waals surface area (Å²) in [7, 11) is 0. The summed E-state index contributed by atoms with van der Waals surface area (Å²) in [4.78, 5) is 35.1. The van der Waals surface area contributed by atoms with Crippen LogP contribution < -0.4 is 0 Å². The van der Waals surface area contributed by atoms with Crippen LogP contribution in [0.3, 0.4) is 0 Å². The number of carbonyl (C=O) groups is 3. The van der Waals surface area contributed by atoms with Crippen LogP contribution in [0.15, 0.2) is 36.5 Å². The van der Waals surface area contributed by atoms with Gasteiger partial charge in [-0.3, -0.25) is 14.4 Å². The Morgan fingerprint density at radius 1 is 1.10 bits per heavy atom. The predicted octanol–water partition coefficient (Wildman–Crippen LogP) is 1.39. The van der Waals surface area contributed by atoms with Crippen LogP contribution in [-0.2, 0) is 46.4 Å². The lowest BCUT2D eigenvalue weighted by molar-refractivity contribution is -0.181. The van der Waals surface area contributed by atoms with E-state index in [9.17, 15) is 14.4 Å². The third-order valence-corrected chi connectivity index (χ3v) is 4.80. The van der Waals surface area contributed by atoms with Crippen LogP contribution in [-0.4, -0.2) is 57.8 Å². The van der Waals surface area contributed by atoms with Crippen LogP contribution in [0.2, 0.25) is 0 Å². The van der Waals surface area contributed by atoms with Crippen molar-refractivity contribution in [2.24, 2.45) is 0 Å². The van der Waals surface area contributed by atoms with Gasteiger partial charge in [-0.15, -0.1) is 5.10 Å². The van der Waals surface area contributed by atoms with Crippen LogP contribution in [0.4, 0.5) is 0 Å². The molecule has 1 aromatic heterocycles. The highest BCUT2D eigenvalue weighted by molar-refractivity contribution is 5.67. The minimum absolute atomic E-state index is 0.234. The predicted molar refractivity (Wildman–Crippen MR) is 106 cm³/mol. The van der Waals surface area contributed by atoms with Gasteiger partial charge in [0, 0.05) is 27.2 Å². The molecule has 0 saturated carbocycles. The van der Waals surface area contributed by atoms with Crippen molar-refractivity contribution < 1.29 is 33.3 Å². The molecule has 0 spiro atoms. The van der Waals surface area contributed by atoms with E-state index in [1.165, 1.54) is 25.5 Å². The third kappa shape index (κ3) is 5.88. The van der Waals surface area contributed by atoms with Crippen molar-refractivity contribution in [3.05, 3.63) is 47.8 Å². The van der Waals surface area contributed by atoms with Gasteiger partial charge in [0.05, 0.1) is 18.5 Å². The van der Waals surface area contributed by atoms with E-state index in [-0.39, 0.29) is 6.61 Å². The SMILES string of the molecule is CC(=O)OC[C@H](OC(C)=O)[C@@H]1[C@H](OC(C)=O)[C@H](OCc2ccccc2)Cc2cnnn21. The zero-order valence-corrected chi connectivity index (χ0v) is 17.6. The number of carbonyl (C=O) groups excluding carboxylic acids is 3. The third-order valence-electron chi connectivity index (χ3n) is 4.80. The maximum Gasteiger partial charge on any atom is 0.303 e. The Morgan fingerprint density at radius 2 is 1.84 bits per heavy atom. The number of benzene rings is 1. The largest absolute Gasteiger partial charge is 0.462 e. The van der Waals surface area contributed by atoms with Gasteiger partial charge < -0.3 is 18.9 Å². The molecule has 4 atom stereocenters. The van der Waals surface area contributed by atoms with Gasteiger partial charge in [0.15, 0.2) is 12.2 Å². The summed E-state index contributed by atoms with van der Waals surface area (Å²) < 4.78 is 23.8. The lowest BCUT2D eigenvalue weighted by Crippen LogP contribution is -2.52. The molecular formula is C21H25N3O7. The van der Waals surface area contributed by atoms with Crippen LogP contribution >= 0.6 is 0 Å². The fourth-order valence-electron chi connectivity index (χ4n) is 3.60. The molecule has 0 bridgehead atoms. The molecule has 2 aromatic rings. The number of rotatable bonds is 8. The molecular weight excluding hydrogens is 406 g/mol. The molecule has 0 N–H and O–H groups in total. The molecule has 10 heteroatoms. The first-order valence-electron chi connectivity index (χ1n) is 9.87. The van der Waals surface area contributed by atoms with E-state index in [1.54, 1.807) is 6.20 Å². The second-order valence-electron chi connectivity index (χ2n) is 7.22. The number of hydrogen-bond acceptors (Lipinski definition) is 9. The number of nitrogens with zero attached hydrogens (tertiary/aromatic N) is 3. The van der Waals surface area contributed by atoms with Crippen molar-refractivity contribution >= 4 is 17.9 Å². The van der Waals surface area contributed by atoms with Gasteiger partial charge in [-0.2, -0.15) is 0 Å². The highest BCUT2D eigenvalue weighted by Gasteiger charge is 2.46. The van der Waals surface area contributed by atoms with Crippen LogP contribution in [0.1, 0.15) is 38.1 Å². The Morgan fingerprint density at radius 3 is 2.48 bits per heavy atom. The fourth-order valence-corrected chi connectivity index (χ4v) is 3.60. The Balaban J connectivity index is 1.93. The molecule has 0 unspecified atom stereocenters. The normalized spacial score (nSPS) is 20.9. The lowest BCUT2D eigenvalue weighted by atomic mass is 9.92. The van der Waals surface area contributed by atoms with E-state index >= 15 is 0 Å². The van der Waals surface area contributed by atoms with E-state index in [4.69, 9.17) is 18.9 Å². The minimum atomic E-state index is -0.964. The second kappa shape index (κ2) is 10.2. The highest BCUT2D eigenvalue weighted by atomic mass is 16.6. The molecule has 10 nitrogen and oxygen atoms in total. The molecule has 0 saturated heterocycles. The zero-order valence-electron chi connectivity index (χ0n) is 17.6. The number of ether oxygens (including phenoxy) is 4. The zero-order chi connectivity index (χ0) is 22.4. The van der Waals surface area contributed by atoms with Crippen LogP contribution in [0.5, 0.6) is 0 Å². The number of aromatic nitrogens is 3. The Bertz CT molecular complexity index is 915. The Hall–Kier alpha value is -3.27. The highest BCUT2D eigenvalue weighted by Crippen LogP contribution is 2.33. The molecule has 0 aliphatic carbocycles. The topological polar surface area (TPSA) is 119 Å². The summed E-state index contributed by atoms with van der Waals surface area (Å²) >= 11 is 0. The van der Waals surface area contributed by atoms with Crippen molar-refractivity contribution in [2.75, 3.05) is 6.61 Å². The molecule has 1 aromatic carbocycles. The Kier molecular flexibility index (Phi) is 7.35. The number of hydrogen-bond donors (Lipinski definition) is 0. The summed E-state index contributed by atoms with van der Waals surface area (Å²) in [6, 6.07) is 8.77. The van der Waals surface area contributed by atoms with E-state index < -0.39 is 42.3 Å². The molecule has 0 fully saturated rings. The van der Waals surface area contributed by atoms with Gasteiger partial charge in [-0.05, 0) is 5.56 Å². The number of fused-ring (bicyclic) bond motifs is 1. The van der Waals surface area contributed by atoms with E-state index in [0.717, 1.165) is 5.56 Å². The minimum Gasteiger partial charge on any atom is -0.462 e. The van der Waals surface area contributed by atoms with Crippen molar-refractivity contribution in [3.8, 4) is 0 Å². The van der Waals surface area contributed by atoms with E-state index in [2.05, 4.69) is 10.3 Å². The van der Waals surface area contributed by atoms with Gasteiger partial charge in [0.25, 0.3) is 0 Å². The maximum atomic E-state index is 11.9. The smallest absolute Gasteiger partial charge is 0.303 e. The molecule has 0 radical (unpaired) electrons. The monoisotopic (exact) mass is 431 g/mol. The van der Waals surface area contributed by atoms with Crippen molar-refractivity contribution in [1.82, 2.24) is 15.0 Å². The average molecular weight is 431 g/mol. The first-order valence-corrected chi connectivity index (χ1v) is 9.87. The summed E-state index contributed by atoms with van der Waals surface area (Å²) in [5.41, 5.74) is 1.67. The van der Waals surface area contributed by atoms with Crippen molar-refractivity contribution in [1.29, 1.82) is 0 Å². The summed E-state index contributed by atoms with van der Waals surface area (Å²) in [5, 5.41) is 8.04. The summed E-state index contributed by atoms with van der Waals surface area (Å²) in [5.74, 6) is -1.64. The first kappa shape index (κ1) is 22.4. The van der Waals surface area contributed by atoms with E-state index in [0.29, 0.717) is 18.7 Å². The van der Waals surface area contributed by atoms with Gasteiger partial charge >= 0.3 is 17.9 Å². The van der Waals surface area contributed by atoms with Crippen molar-refractivity contribution in [3.63, 3.8) is 0 Å². The van der Waals surface area contributed by atoms with Gasteiger partial charge in [-0.1, -0.05) is 35.5 Å². The van der Waals surface area contributed by atoms with Crippen molar-refractivity contribution in [2.45, 2.75) is 58.2 Å². The fraction of sp³-hybridized carbons (Fsp3) is 0.476. The van der Waals surface area contributed by atoms with Gasteiger partial charge in [0.1, 0.15) is 18.8 Å². The first-order chi connectivity index (χ1) is 14.8. The maximum absolute atomic E-state index is 11.9. The molecule has 3 rings (SSSR count). The molecule has 31 heavy (non-hydrogen) atoms. The summed E-state index contributed by atoms with van der Waals surface area (Å²) in [6.07, 6.45) is -0.415.